The van der Waals surface area contributed by atoms with Crippen LogP contribution < -0.4 is 5.32 Å². The van der Waals surface area contributed by atoms with E-state index in [1.54, 1.807) is 0 Å². The first-order valence-electron chi connectivity index (χ1n) is 12.2. The van der Waals surface area contributed by atoms with Crippen molar-refractivity contribution in [1.82, 2.24) is 15.1 Å². The molecule has 0 spiro atoms. The van der Waals surface area contributed by atoms with Crippen LogP contribution in [-0.2, 0) is 14.3 Å². The van der Waals surface area contributed by atoms with E-state index in [2.05, 4.69) is 15.2 Å². The molecule has 0 radical (unpaired) electrons. The lowest BCUT2D eigenvalue weighted by Crippen LogP contribution is -2.50. The standard InChI is InChI=1S/C23H42N4O3/c1-24-23(25-12-6-3-7-17-30-21-8-4-2-5-9-21)27-13-10-20(11-14-27)22(28)26-15-18-29-19-16-26/h20-21H,2-19H2,1H3,(H,24,25). The summed E-state index contributed by atoms with van der Waals surface area (Å²) in [4.78, 5) is 21.4. The van der Waals surface area contributed by atoms with Crippen molar-refractivity contribution in [2.45, 2.75) is 70.3 Å². The fraction of sp³-hybridized carbons (Fsp3) is 0.913. The molecule has 30 heavy (non-hydrogen) atoms. The molecule has 0 bridgehead atoms. The largest absolute Gasteiger partial charge is 0.378 e. The average Bonchev–Trinajstić information content (AvgIpc) is 2.82. The van der Waals surface area contributed by atoms with Gasteiger partial charge in [-0.25, -0.2) is 0 Å². The summed E-state index contributed by atoms with van der Waals surface area (Å²) in [5, 5.41) is 3.51. The highest BCUT2D eigenvalue weighted by Gasteiger charge is 2.30. The third kappa shape index (κ3) is 7.41. The highest BCUT2D eigenvalue weighted by atomic mass is 16.5. The Kier molecular flexibility index (Phi) is 10.2. The predicted molar refractivity (Wildman–Crippen MR) is 120 cm³/mol. The van der Waals surface area contributed by atoms with Crippen LogP contribution in [0.3, 0.4) is 0 Å². The van der Waals surface area contributed by atoms with Gasteiger partial charge in [-0.1, -0.05) is 19.3 Å². The lowest BCUT2D eigenvalue weighted by molar-refractivity contribution is -0.140. The van der Waals surface area contributed by atoms with E-state index >= 15 is 0 Å². The number of carbonyl (C=O) groups is 1. The minimum absolute atomic E-state index is 0.154. The summed E-state index contributed by atoms with van der Waals surface area (Å²) in [5.41, 5.74) is 0. The molecule has 0 aromatic carbocycles. The summed E-state index contributed by atoms with van der Waals surface area (Å²) in [6.45, 7) is 6.49. The quantitative estimate of drug-likeness (QED) is 0.370. The number of hydrogen-bond donors (Lipinski definition) is 1. The number of nitrogens with zero attached hydrogens (tertiary/aromatic N) is 3. The number of ether oxygens (including phenoxy) is 2. The summed E-state index contributed by atoms with van der Waals surface area (Å²) in [5.74, 6) is 1.45. The molecule has 2 aliphatic heterocycles. The molecule has 7 nitrogen and oxygen atoms in total. The number of rotatable bonds is 8. The molecule has 3 aliphatic rings. The van der Waals surface area contributed by atoms with Crippen molar-refractivity contribution in [3.05, 3.63) is 0 Å². The molecule has 3 rings (SSSR count). The highest BCUT2D eigenvalue weighted by molar-refractivity contribution is 5.81. The van der Waals surface area contributed by atoms with E-state index in [0.717, 1.165) is 71.0 Å². The van der Waals surface area contributed by atoms with Crippen molar-refractivity contribution in [2.75, 3.05) is 59.6 Å². The van der Waals surface area contributed by atoms with Gasteiger partial charge in [0.25, 0.3) is 0 Å². The monoisotopic (exact) mass is 422 g/mol. The number of morpholine rings is 1. The number of piperidine rings is 1. The summed E-state index contributed by atoms with van der Waals surface area (Å²) >= 11 is 0. The van der Waals surface area contributed by atoms with Crippen LogP contribution in [0.25, 0.3) is 0 Å². The van der Waals surface area contributed by atoms with Crippen LogP contribution in [0.2, 0.25) is 0 Å². The topological polar surface area (TPSA) is 66.4 Å². The first-order chi connectivity index (χ1) is 14.8. The van der Waals surface area contributed by atoms with E-state index in [-0.39, 0.29) is 5.92 Å². The van der Waals surface area contributed by atoms with Crippen LogP contribution in [0.1, 0.15) is 64.2 Å². The number of carbonyl (C=O) groups excluding carboxylic acids is 1. The first-order valence-corrected chi connectivity index (χ1v) is 12.2. The summed E-state index contributed by atoms with van der Waals surface area (Å²) in [7, 11) is 1.85. The molecule has 7 heteroatoms. The van der Waals surface area contributed by atoms with Gasteiger partial charge in [-0.05, 0) is 44.9 Å². The average molecular weight is 423 g/mol. The molecule has 1 saturated carbocycles. The predicted octanol–water partition coefficient (Wildman–Crippen LogP) is 2.65. The number of amides is 1. The van der Waals surface area contributed by atoms with Crippen LogP contribution in [0.15, 0.2) is 4.99 Å². The van der Waals surface area contributed by atoms with Gasteiger partial charge in [-0.2, -0.15) is 0 Å². The molecule has 0 unspecified atom stereocenters. The van der Waals surface area contributed by atoms with E-state index < -0.39 is 0 Å². The zero-order valence-electron chi connectivity index (χ0n) is 18.9. The van der Waals surface area contributed by atoms with Crippen molar-refractivity contribution in [2.24, 2.45) is 10.9 Å². The number of nitrogens with one attached hydrogen (secondary N) is 1. The maximum atomic E-state index is 12.7. The number of hydrogen-bond acceptors (Lipinski definition) is 4. The maximum absolute atomic E-state index is 12.7. The Morgan fingerprint density at radius 1 is 0.967 bits per heavy atom. The molecule has 172 valence electrons. The molecule has 0 aromatic rings. The van der Waals surface area contributed by atoms with Gasteiger partial charge in [0.05, 0.1) is 19.3 Å². The van der Waals surface area contributed by atoms with Gasteiger partial charge < -0.3 is 24.6 Å². The molecule has 1 amide bonds. The van der Waals surface area contributed by atoms with E-state index in [0.29, 0.717) is 25.2 Å². The molecular weight excluding hydrogens is 380 g/mol. The maximum Gasteiger partial charge on any atom is 0.225 e. The van der Waals surface area contributed by atoms with Crippen LogP contribution >= 0.6 is 0 Å². The van der Waals surface area contributed by atoms with E-state index in [1.165, 1.54) is 38.5 Å². The van der Waals surface area contributed by atoms with Gasteiger partial charge in [0.15, 0.2) is 5.96 Å². The van der Waals surface area contributed by atoms with Crippen LogP contribution in [0.4, 0.5) is 0 Å². The lowest BCUT2D eigenvalue weighted by Gasteiger charge is -2.36. The van der Waals surface area contributed by atoms with Crippen molar-refractivity contribution in [3.8, 4) is 0 Å². The van der Waals surface area contributed by atoms with Crippen molar-refractivity contribution in [1.29, 1.82) is 0 Å². The van der Waals surface area contributed by atoms with Crippen LogP contribution in [0.5, 0.6) is 0 Å². The fourth-order valence-electron chi connectivity index (χ4n) is 4.80. The Morgan fingerprint density at radius 2 is 1.70 bits per heavy atom. The van der Waals surface area contributed by atoms with Gasteiger partial charge >= 0.3 is 0 Å². The van der Waals surface area contributed by atoms with Gasteiger partial charge in [-0.15, -0.1) is 0 Å². The Hall–Kier alpha value is -1.34. The second-order valence-electron chi connectivity index (χ2n) is 8.86. The number of likely N-dealkylation sites (tertiary alicyclic amines) is 1. The second-order valence-corrected chi connectivity index (χ2v) is 8.86. The Balaban J connectivity index is 1.25. The third-order valence-corrected chi connectivity index (χ3v) is 6.69. The van der Waals surface area contributed by atoms with Gasteiger partial charge in [-0.3, -0.25) is 9.79 Å². The van der Waals surface area contributed by atoms with Gasteiger partial charge in [0.1, 0.15) is 0 Å². The van der Waals surface area contributed by atoms with Crippen LogP contribution in [0, 0.1) is 5.92 Å². The first kappa shape index (κ1) is 23.3. The fourth-order valence-corrected chi connectivity index (χ4v) is 4.80. The highest BCUT2D eigenvalue weighted by Crippen LogP contribution is 2.21. The summed E-state index contributed by atoms with van der Waals surface area (Å²) < 4.78 is 11.4. The summed E-state index contributed by atoms with van der Waals surface area (Å²) in [6, 6.07) is 0. The zero-order valence-corrected chi connectivity index (χ0v) is 18.9. The van der Waals surface area contributed by atoms with E-state index in [4.69, 9.17) is 9.47 Å². The molecule has 1 N–H and O–H groups in total. The van der Waals surface area contributed by atoms with Gasteiger partial charge in [0, 0.05) is 52.3 Å². The zero-order chi connectivity index (χ0) is 21.0. The molecule has 2 heterocycles. The molecule has 3 fully saturated rings. The number of unbranched alkanes of at least 4 members (excludes halogenated alkanes) is 2. The van der Waals surface area contributed by atoms with Crippen LogP contribution in [-0.4, -0.2) is 87.4 Å². The summed E-state index contributed by atoms with van der Waals surface area (Å²) in [6.07, 6.45) is 12.4. The SMILES string of the molecule is CN=C(NCCCCCOC1CCCCC1)N1CCC(C(=O)N2CCOCC2)CC1. The van der Waals surface area contributed by atoms with Crippen molar-refractivity contribution >= 4 is 11.9 Å². The smallest absolute Gasteiger partial charge is 0.225 e. The minimum atomic E-state index is 0.154. The van der Waals surface area contributed by atoms with Crippen molar-refractivity contribution in [3.63, 3.8) is 0 Å². The minimum Gasteiger partial charge on any atom is -0.378 e. The molecular formula is C23H42N4O3. The van der Waals surface area contributed by atoms with Gasteiger partial charge in [0.2, 0.25) is 5.91 Å². The molecule has 2 saturated heterocycles. The van der Waals surface area contributed by atoms with Crippen molar-refractivity contribution < 1.29 is 14.3 Å². The number of aliphatic imine (C=N–C) groups is 1. The third-order valence-electron chi connectivity index (χ3n) is 6.69. The normalized spacial score (nSPS) is 22.4. The molecule has 0 aromatic heterocycles. The number of guanidine groups is 1. The Bertz CT molecular complexity index is 523. The van der Waals surface area contributed by atoms with E-state index in [1.807, 2.05) is 11.9 Å². The van der Waals surface area contributed by atoms with E-state index in [9.17, 15) is 4.79 Å². The molecule has 0 atom stereocenters. The Morgan fingerprint density at radius 3 is 2.40 bits per heavy atom. The lowest BCUT2D eigenvalue weighted by atomic mass is 9.95. The second kappa shape index (κ2) is 13.2. The Labute approximate surface area is 182 Å². The molecule has 1 aliphatic carbocycles.